The standard InChI is InChI=1S/C22H25N5O3S2/c1-16-7-6-8-17(2)21(16)27-22(23-24-25-27)31-14-20(28)26(13-18-9-4-3-5-10-18)19-11-12-32(29,30)15-19/h3-10,19H,11-15H2,1-2H3/t19-/m0/s1. The molecule has 4 rings (SSSR count). The molecule has 0 aliphatic carbocycles. The second-order valence-electron chi connectivity index (χ2n) is 7.97. The second kappa shape index (κ2) is 9.41. The van der Waals surface area contributed by atoms with Gasteiger partial charge in [0.1, 0.15) is 0 Å². The van der Waals surface area contributed by atoms with Gasteiger partial charge in [0.15, 0.2) is 9.84 Å². The second-order valence-corrected chi connectivity index (χ2v) is 11.1. The van der Waals surface area contributed by atoms with Crippen LogP contribution in [0.1, 0.15) is 23.1 Å². The van der Waals surface area contributed by atoms with Gasteiger partial charge in [-0.15, -0.1) is 5.10 Å². The highest BCUT2D eigenvalue weighted by atomic mass is 32.2. The van der Waals surface area contributed by atoms with E-state index in [1.807, 2.05) is 62.4 Å². The summed E-state index contributed by atoms with van der Waals surface area (Å²) in [6.07, 6.45) is 0.464. The van der Waals surface area contributed by atoms with E-state index < -0.39 is 9.84 Å². The Labute approximate surface area is 191 Å². The topological polar surface area (TPSA) is 98.1 Å². The number of aryl methyl sites for hydroxylation is 2. The smallest absolute Gasteiger partial charge is 0.233 e. The number of aromatic nitrogens is 4. The largest absolute Gasteiger partial charge is 0.334 e. The first-order valence-corrected chi connectivity index (χ1v) is 13.2. The zero-order valence-electron chi connectivity index (χ0n) is 18.0. The van der Waals surface area contributed by atoms with Crippen LogP contribution < -0.4 is 0 Å². The molecular formula is C22H25N5O3S2. The first kappa shape index (κ1) is 22.5. The van der Waals surface area contributed by atoms with Crippen LogP contribution in [0.4, 0.5) is 0 Å². The van der Waals surface area contributed by atoms with Crippen LogP contribution in [0.25, 0.3) is 5.69 Å². The number of rotatable bonds is 7. The number of hydrogen-bond donors (Lipinski definition) is 0. The van der Waals surface area contributed by atoms with Crippen LogP contribution in [0.2, 0.25) is 0 Å². The van der Waals surface area contributed by atoms with Crippen LogP contribution in [0.15, 0.2) is 53.7 Å². The van der Waals surface area contributed by atoms with Gasteiger partial charge in [-0.05, 0) is 47.4 Å². The number of hydrogen-bond acceptors (Lipinski definition) is 7. The molecule has 0 N–H and O–H groups in total. The molecule has 1 fully saturated rings. The predicted molar refractivity (Wildman–Crippen MR) is 123 cm³/mol. The van der Waals surface area contributed by atoms with Crippen molar-refractivity contribution in [2.24, 2.45) is 0 Å². The van der Waals surface area contributed by atoms with Gasteiger partial charge >= 0.3 is 0 Å². The van der Waals surface area contributed by atoms with Crippen molar-refractivity contribution >= 4 is 27.5 Å². The zero-order valence-corrected chi connectivity index (χ0v) is 19.6. The summed E-state index contributed by atoms with van der Waals surface area (Å²) in [5, 5.41) is 12.6. The fourth-order valence-corrected chi connectivity index (χ4v) is 6.47. The summed E-state index contributed by atoms with van der Waals surface area (Å²) in [7, 11) is -3.11. The quantitative estimate of drug-likeness (QED) is 0.489. The molecule has 32 heavy (non-hydrogen) atoms. The van der Waals surface area contributed by atoms with Gasteiger partial charge in [0.2, 0.25) is 11.1 Å². The monoisotopic (exact) mass is 471 g/mol. The van der Waals surface area contributed by atoms with E-state index >= 15 is 0 Å². The average Bonchev–Trinajstić information content (AvgIpc) is 3.37. The normalized spacial score (nSPS) is 17.4. The molecule has 1 aliphatic heterocycles. The Morgan fingerprint density at radius 3 is 2.50 bits per heavy atom. The molecule has 1 saturated heterocycles. The molecule has 1 aliphatic rings. The summed E-state index contributed by atoms with van der Waals surface area (Å²) in [5.41, 5.74) is 3.94. The number of sulfone groups is 1. The number of amides is 1. The molecular weight excluding hydrogens is 446 g/mol. The lowest BCUT2D eigenvalue weighted by Crippen LogP contribution is -2.41. The number of para-hydroxylation sites is 1. The zero-order chi connectivity index (χ0) is 22.7. The molecule has 2 aromatic carbocycles. The Bertz CT molecular complexity index is 1190. The van der Waals surface area contributed by atoms with Crippen molar-refractivity contribution in [3.05, 3.63) is 65.2 Å². The molecule has 1 aromatic heterocycles. The maximum absolute atomic E-state index is 13.3. The molecule has 0 unspecified atom stereocenters. The highest BCUT2D eigenvalue weighted by Gasteiger charge is 2.34. The fourth-order valence-electron chi connectivity index (χ4n) is 3.98. The van der Waals surface area contributed by atoms with E-state index in [4.69, 9.17) is 0 Å². The molecule has 8 nitrogen and oxygen atoms in total. The van der Waals surface area contributed by atoms with Crippen molar-refractivity contribution in [3.8, 4) is 5.69 Å². The Balaban J connectivity index is 1.53. The molecule has 10 heteroatoms. The average molecular weight is 472 g/mol. The molecule has 168 valence electrons. The van der Waals surface area contributed by atoms with Crippen LogP contribution in [-0.2, 0) is 21.2 Å². The Morgan fingerprint density at radius 2 is 1.84 bits per heavy atom. The minimum atomic E-state index is -3.11. The molecule has 0 bridgehead atoms. The van der Waals surface area contributed by atoms with Crippen LogP contribution in [0.5, 0.6) is 0 Å². The first-order chi connectivity index (χ1) is 15.3. The minimum absolute atomic E-state index is 0.0103. The van der Waals surface area contributed by atoms with Gasteiger partial charge in [0, 0.05) is 12.6 Å². The summed E-state index contributed by atoms with van der Waals surface area (Å²) in [6.45, 7) is 4.36. The van der Waals surface area contributed by atoms with Crippen molar-refractivity contribution in [1.82, 2.24) is 25.1 Å². The third-order valence-electron chi connectivity index (χ3n) is 5.58. The van der Waals surface area contributed by atoms with Gasteiger partial charge < -0.3 is 4.90 Å². The van der Waals surface area contributed by atoms with E-state index in [-0.39, 0.29) is 29.2 Å². The lowest BCUT2D eigenvalue weighted by molar-refractivity contribution is -0.130. The number of thioether (sulfide) groups is 1. The Hall–Kier alpha value is -2.72. The maximum Gasteiger partial charge on any atom is 0.233 e. The van der Waals surface area contributed by atoms with E-state index in [1.165, 1.54) is 11.8 Å². The number of nitrogens with zero attached hydrogens (tertiary/aromatic N) is 5. The Morgan fingerprint density at radius 1 is 1.12 bits per heavy atom. The summed E-state index contributed by atoms with van der Waals surface area (Å²) in [4.78, 5) is 14.9. The van der Waals surface area contributed by atoms with E-state index in [0.717, 1.165) is 22.4 Å². The Kier molecular flexibility index (Phi) is 6.61. The van der Waals surface area contributed by atoms with Crippen molar-refractivity contribution in [2.75, 3.05) is 17.3 Å². The third-order valence-corrected chi connectivity index (χ3v) is 8.24. The van der Waals surface area contributed by atoms with Crippen molar-refractivity contribution in [1.29, 1.82) is 0 Å². The van der Waals surface area contributed by atoms with Gasteiger partial charge in [0.25, 0.3) is 0 Å². The van der Waals surface area contributed by atoms with Crippen LogP contribution in [0.3, 0.4) is 0 Å². The van der Waals surface area contributed by atoms with Crippen molar-refractivity contribution in [2.45, 2.75) is 38.0 Å². The summed E-state index contributed by atoms with van der Waals surface area (Å²) in [6, 6.07) is 15.3. The van der Waals surface area contributed by atoms with Crippen molar-refractivity contribution < 1.29 is 13.2 Å². The molecule has 0 spiro atoms. The van der Waals surface area contributed by atoms with Gasteiger partial charge in [-0.25, -0.2) is 8.42 Å². The maximum atomic E-state index is 13.3. The SMILES string of the molecule is Cc1cccc(C)c1-n1nnnc1SCC(=O)N(Cc1ccccc1)[C@H]1CCS(=O)(=O)C1. The van der Waals surface area contributed by atoms with E-state index in [0.29, 0.717) is 18.1 Å². The number of carbonyl (C=O) groups excluding carboxylic acids is 1. The van der Waals surface area contributed by atoms with Gasteiger partial charge in [-0.1, -0.05) is 60.3 Å². The predicted octanol–water partition coefficient (Wildman–Crippen LogP) is 2.59. The van der Waals surface area contributed by atoms with E-state index in [1.54, 1.807) is 9.58 Å². The van der Waals surface area contributed by atoms with Crippen LogP contribution in [-0.4, -0.2) is 62.7 Å². The molecule has 3 aromatic rings. The molecule has 2 heterocycles. The van der Waals surface area contributed by atoms with Gasteiger partial charge in [-0.2, -0.15) is 4.68 Å². The summed E-state index contributed by atoms with van der Waals surface area (Å²) >= 11 is 1.26. The van der Waals surface area contributed by atoms with Crippen molar-refractivity contribution in [3.63, 3.8) is 0 Å². The first-order valence-electron chi connectivity index (χ1n) is 10.4. The number of tetrazole rings is 1. The van der Waals surface area contributed by atoms with E-state index in [2.05, 4.69) is 15.5 Å². The number of carbonyl (C=O) groups is 1. The third kappa shape index (κ3) is 5.02. The summed E-state index contributed by atoms with van der Waals surface area (Å²) in [5.74, 6) is 0.121. The van der Waals surface area contributed by atoms with Crippen LogP contribution in [0, 0.1) is 13.8 Å². The molecule has 1 atom stereocenters. The highest BCUT2D eigenvalue weighted by molar-refractivity contribution is 7.99. The van der Waals surface area contributed by atoms with E-state index in [9.17, 15) is 13.2 Å². The van der Waals surface area contributed by atoms with Crippen LogP contribution >= 0.6 is 11.8 Å². The fraction of sp³-hybridized carbons (Fsp3) is 0.364. The molecule has 0 radical (unpaired) electrons. The number of benzene rings is 2. The minimum Gasteiger partial charge on any atom is -0.334 e. The van der Waals surface area contributed by atoms with Gasteiger partial charge in [-0.3, -0.25) is 4.79 Å². The lowest BCUT2D eigenvalue weighted by Gasteiger charge is -2.28. The lowest BCUT2D eigenvalue weighted by atomic mass is 10.1. The highest BCUT2D eigenvalue weighted by Crippen LogP contribution is 2.25. The summed E-state index contributed by atoms with van der Waals surface area (Å²) < 4.78 is 25.8. The van der Waals surface area contributed by atoms with Gasteiger partial charge in [0.05, 0.1) is 22.9 Å². The molecule has 1 amide bonds. The molecule has 0 saturated carbocycles.